The summed E-state index contributed by atoms with van der Waals surface area (Å²) in [6.45, 7) is 0. The summed E-state index contributed by atoms with van der Waals surface area (Å²) in [5, 5.41) is 12.6. The van der Waals surface area contributed by atoms with Crippen LogP contribution in [0, 0.1) is 0 Å². The van der Waals surface area contributed by atoms with E-state index in [1.165, 1.54) is 19.1 Å². The molecule has 0 aliphatic heterocycles. The third-order valence-corrected chi connectivity index (χ3v) is 4.11. The minimum Gasteiger partial charge on any atom is -0.476 e. The highest BCUT2D eigenvalue weighted by molar-refractivity contribution is 7.99. The van der Waals surface area contributed by atoms with Crippen LogP contribution in [0.3, 0.4) is 0 Å². The van der Waals surface area contributed by atoms with E-state index in [4.69, 9.17) is 9.52 Å². The van der Waals surface area contributed by atoms with Crippen LogP contribution in [0.5, 0.6) is 0 Å². The molecule has 17 heavy (non-hydrogen) atoms. The molecule has 2 rings (SSSR count). The summed E-state index contributed by atoms with van der Waals surface area (Å²) in [7, 11) is 0. The first-order valence-electron chi connectivity index (χ1n) is 5.67. The summed E-state index contributed by atoms with van der Waals surface area (Å²) >= 11 is 1.89. The molecule has 1 heterocycles. The van der Waals surface area contributed by atoms with Gasteiger partial charge in [-0.15, -0.1) is 0 Å². The van der Waals surface area contributed by atoms with Gasteiger partial charge < -0.3 is 14.8 Å². The van der Waals surface area contributed by atoms with Gasteiger partial charge in [0.15, 0.2) is 5.69 Å². The third kappa shape index (κ3) is 3.15. The zero-order chi connectivity index (χ0) is 12.3. The molecule has 1 aromatic rings. The van der Waals surface area contributed by atoms with Crippen molar-refractivity contribution in [3.8, 4) is 0 Å². The Balaban J connectivity index is 1.93. The fourth-order valence-corrected chi connectivity index (χ4v) is 2.93. The smallest absolute Gasteiger partial charge is 0.357 e. The first-order valence-corrected chi connectivity index (χ1v) is 6.96. The Morgan fingerprint density at radius 2 is 2.47 bits per heavy atom. The van der Waals surface area contributed by atoms with Gasteiger partial charge in [0, 0.05) is 11.3 Å². The highest BCUT2D eigenvalue weighted by Crippen LogP contribution is 2.28. The van der Waals surface area contributed by atoms with Gasteiger partial charge in [-0.05, 0) is 25.5 Å². The molecule has 0 aromatic carbocycles. The van der Waals surface area contributed by atoms with Gasteiger partial charge in [0.2, 0.25) is 0 Å². The Morgan fingerprint density at radius 3 is 3.12 bits per heavy atom. The van der Waals surface area contributed by atoms with Gasteiger partial charge in [-0.1, -0.05) is 6.42 Å². The number of carbonyl (C=O) groups is 1. The van der Waals surface area contributed by atoms with E-state index < -0.39 is 5.97 Å². The van der Waals surface area contributed by atoms with E-state index in [9.17, 15) is 4.79 Å². The van der Waals surface area contributed by atoms with Crippen molar-refractivity contribution >= 4 is 23.7 Å². The molecule has 0 bridgehead atoms. The molecule has 1 aromatic heterocycles. The van der Waals surface area contributed by atoms with Crippen LogP contribution < -0.4 is 5.32 Å². The average Bonchev–Trinajstić information content (AvgIpc) is 2.78. The first-order chi connectivity index (χ1) is 8.19. The largest absolute Gasteiger partial charge is 0.476 e. The van der Waals surface area contributed by atoms with Crippen LogP contribution in [0.4, 0.5) is 6.01 Å². The van der Waals surface area contributed by atoms with Crippen molar-refractivity contribution in [1.82, 2.24) is 4.98 Å². The number of oxazole rings is 1. The number of thioether (sulfide) groups is 1. The van der Waals surface area contributed by atoms with Gasteiger partial charge in [0.1, 0.15) is 6.26 Å². The topological polar surface area (TPSA) is 75.4 Å². The number of aromatic nitrogens is 1. The van der Waals surface area contributed by atoms with Crippen molar-refractivity contribution in [3.63, 3.8) is 0 Å². The maximum atomic E-state index is 10.7. The lowest BCUT2D eigenvalue weighted by Gasteiger charge is -2.27. The maximum Gasteiger partial charge on any atom is 0.357 e. The summed E-state index contributed by atoms with van der Waals surface area (Å²) < 4.78 is 5.09. The van der Waals surface area contributed by atoms with Crippen LogP contribution in [-0.2, 0) is 0 Å². The number of carboxylic acid groups (broad SMARTS) is 1. The van der Waals surface area contributed by atoms with Crippen LogP contribution in [0.2, 0.25) is 0 Å². The monoisotopic (exact) mass is 256 g/mol. The molecule has 94 valence electrons. The van der Waals surface area contributed by atoms with Crippen LogP contribution in [-0.4, -0.2) is 33.6 Å². The van der Waals surface area contributed by atoms with Crippen molar-refractivity contribution in [2.75, 3.05) is 11.6 Å². The zero-order valence-corrected chi connectivity index (χ0v) is 10.5. The van der Waals surface area contributed by atoms with Crippen molar-refractivity contribution in [2.45, 2.75) is 37.0 Å². The Labute approximate surface area is 104 Å². The lowest BCUT2D eigenvalue weighted by atomic mass is 9.95. The fraction of sp³-hybridized carbons (Fsp3) is 0.636. The average molecular weight is 256 g/mol. The van der Waals surface area contributed by atoms with Crippen molar-refractivity contribution in [3.05, 3.63) is 12.0 Å². The molecule has 1 fully saturated rings. The van der Waals surface area contributed by atoms with Crippen LogP contribution in [0.25, 0.3) is 0 Å². The Bertz CT molecular complexity index is 394. The molecule has 2 atom stereocenters. The van der Waals surface area contributed by atoms with Gasteiger partial charge in [-0.2, -0.15) is 16.7 Å². The quantitative estimate of drug-likeness (QED) is 0.862. The standard InChI is InChI=1S/C11H16N2O3S/c1-17-8-4-2-3-7(5-8)12-11-13-9(6-16-11)10(14)15/h6-8H,2-5H2,1H3,(H,12,13)(H,14,15). The molecule has 0 radical (unpaired) electrons. The molecule has 1 aliphatic rings. The number of carboxylic acids is 1. The zero-order valence-electron chi connectivity index (χ0n) is 9.68. The predicted octanol–water partition coefficient (Wildman–Crippen LogP) is 2.46. The molecule has 1 saturated carbocycles. The molecular formula is C11H16N2O3S. The summed E-state index contributed by atoms with van der Waals surface area (Å²) in [5.41, 5.74) is -0.0512. The molecule has 0 spiro atoms. The van der Waals surface area contributed by atoms with Gasteiger partial charge in [-0.25, -0.2) is 4.79 Å². The summed E-state index contributed by atoms with van der Waals surface area (Å²) in [4.78, 5) is 14.5. The third-order valence-electron chi connectivity index (χ3n) is 3.01. The Kier molecular flexibility index (Phi) is 3.93. The lowest BCUT2D eigenvalue weighted by molar-refractivity contribution is 0.0690. The van der Waals surface area contributed by atoms with Crippen LogP contribution in [0.1, 0.15) is 36.2 Å². The summed E-state index contributed by atoms with van der Waals surface area (Å²) in [6, 6.07) is 0.649. The van der Waals surface area contributed by atoms with Gasteiger partial charge in [-0.3, -0.25) is 0 Å². The second-order valence-electron chi connectivity index (χ2n) is 4.21. The molecule has 2 unspecified atom stereocenters. The lowest BCUT2D eigenvalue weighted by Crippen LogP contribution is -2.28. The van der Waals surface area contributed by atoms with Crippen molar-refractivity contribution < 1.29 is 14.3 Å². The molecule has 6 heteroatoms. The Morgan fingerprint density at radius 1 is 1.65 bits per heavy atom. The fourth-order valence-electron chi connectivity index (χ4n) is 2.10. The van der Waals surface area contributed by atoms with E-state index >= 15 is 0 Å². The van der Waals surface area contributed by atoms with E-state index in [0.29, 0.717) is 17.3 Å². The van der Waals surface area contributed by atoms with Crippen LogP contribution in [0.15, 0.2) is 10.7 Å². The summed E-state index contributed by atoms with van der Waals surface area (Å²) in [6.07, 6.45) is 7.90. The number of anilines is 1. The Hall–Kier alpha value is -1.17. The maximum absolute atomic E-state index is 10.7. The summed E-state index contributed by atoms with van der Waals surface area (Å²) in [5.74, 6) is -1.06. The van der Waals surface area contributed by atoms with E-state index in [1.807, 2.05) is 11.8 Å². The molecule has 1 aliphatic carbocycles. The minimum absolute atomic E-state index is 0.0512. The van der Waals surface area contributed by atoms with E-state index in [-0.39, 0.29) is 5.69 Å². The van der Waals surface area contributed by atoms with Gasteiger partial charge in [0.05, 0.1) is 0 Å². The number of rotatable bonds is 4. The van der Waals surface area contributed by atoms with E-state index in [1.54, 1.807) is 0 Å². The molecular weight excluding hydrogens is 240 g/mol. The highest BCUT2D eigenvalue weighted by Gasteiger charge is 2.22. The van der Waals surface area contributed by atoms with Crippen molar-refractivity contribution in [2.24, 2.45) is 0 Å². The van der Waals surface area contributed by atoms with Gasteiger partial charge >= 0.3 is 5.97 Å². The van der Waals surface area contributed by atoms with Crippen LogP contribution >= 0.6 is 11.8 Å². The second kappa shape index (κ2) is 5.44. The second-order valence-corrected chi connectivity index (χ2v) is 5.35. The van der Waals surface area contributed by atoms with Gasteiger partial charge in [0.25, 0.3) is 6.01 Å². The number of nitrogens with zero attached hydrogens (tertiary/aromatic N) is 1. The normalized spacial score (nSPS) is 24.5. The molecule has 2 N–H and O–H groups in total. The molecule has 0 saturated heterocycles. The number of aromatic carboxylic acids is 1. The van der Waals surface area contributed by atoms with E-state index in [2.05, 4.69) is 16.6 Å². The number of hydrogen-bond acceptors (Lipinski definition) is 5. The first kappa shape index (κ1) is 12.3. The van der Waals surface area contributed by atoms with E-state index in [0.717, 1.165) is 12.8 Å². The highest BCUT2D eigenvalue weighted by atomic mass is 32.2. The SMILES string of the molecule is CSC1CCCC(Nc2nc(C(=O)O)co2)C1. The number of nitrogens with one attached hydrogen (secondary N) is 1. The molecule has 0 amide bonds. The number of hydrogen-bond donors (Lipinski definition) is 2. The van der Waals surface area contributed by atoms with Crippen molar-refractivity contribution in [1.29, 1.82) is 0 Å². The minimum atomic E-state index is -1.06. The predicted molar refractivity (Wildman–Crippen MR) is 66.6 cm³/mol. The molecule has 5 nitrogen and oxygen atoms in total.